The van der Waals surface area contributed by atoms with Gasteiger partial charge in [0.1, 0.15) is 85.5 Å². The largest absolute Gasteiger partial charge is 0.394 e. The van der Waals surface area contributed by atoms with Crippen LogP contribution in [0.2, 0.25) is 0 Å². The number of ether oxygens (including phenoxy) is 9. The third-order valence-corrected chi connectivity index (χ3v) is 19.1. The maximum absolute atomic E-state index is 12.0. The summed E-state index contributed by atoms with van der Waals surface area (Å²) in [5.41, 5.74) is 1.08. The van der Waals surface area contributed by atoms with E-state index in [9.17, 15) is 66.4 Å². The van der Waals surface area contributed by atoms with Crippen molar-refractivity contribution < 1.29 is 109 Å². The number of aliphatic hydroxyl groups excluding tert-OH is 12. The van der Waals surface area contributed by atoms with Gasteiger partial charge in [0.05, 0.1) is 37.6 Å². The predicted octanol–water partition coefficient (Wildman–Crippen LogP) is -2.23. The molecule has 9 aliphatic rings. The first-order valence-corrected chi connectivity index (χ1v) is 26.4. The molecule has 414 valence electrons. The standard InChI is InChI=1S/C50H82O22/c1-20-31-28(72-50(20,63)12-6-7-15-64-44-38(59)37(58)34(55)29(18-51)68-44)17-27-25-9-8-23-16-24(10-13-48(23,4)26(25)11-14-49(27,31)5)67-47-43(71-46-40(61)36(57)33(54)22(3)66-46)41(62)42(30(19-52)69-47)70-45-39(60)35(56)32(53)21(2)65-45/h8,20-22,24-47,51-63H,6-7,9-19H2,1-5H3/t20-,21-,22-,24-,25+,26-,27-,28-,29+,30+,31-,32-,33-,34+,35+,36+,37-,38+,39+,40+,41-,42+,43+,44+,45-,46-,47+,48-,49-,50+/m0/s1. The van der Waals surface area contributed by atoms with Gasteiger partial charge in [-0.1, -0.05) is 32.4 Å². The van der Waals surface area contributed by atoms with Crippen LogP contribution in [0.25, 0.3) is 0 Å². The van der Waals surface area contributed by atoms with Crippen molar-refractivity contribution in [1.29, 1.82) is 0 Å². The Balaban J connectivity index is 0.841. The van der Waals surface area contributed by atoms with Crippen LogP contribution < -0.4 is 0 Å². The lowest BCUT2D eigenvalue weighted by atomic mass is 9.47. The number of aliphatic hydroxyl groups is 13. The topological polar surface area (TPSA) is 346 Å². The first-order chi connectivity index (χ1) is 34.1. The van der Waals surface area contributed by atoms with E-state index in [4.69, 9.17) is 42.6 Å². The molecule has 22 nitrogen and oxygen atoms in total. The first kappa shape index (κ1) is 55.6. The summed E-state index contributed by atoms with van der Waals surface area (Å²) in [6, 6.07) is 0. The molecule has 4 aliphatic carbocycles. The molecule has 22 heteroatoms. The Morgan fingerprint density at radius 3 is 1.85 bits per heavy atom. The van der Waals surface area contributed by atoms with Gasteiger partial charge in [0, 0.05) is 18.9 Å². The van der Waals surface area contributed by atoms with E-state index in [2.05, 4.69) is 26.8 Å². The molecule has 0 amide bonds. The Morgan fingerprint density at radius 1 is 0.611 bits per heavy atom. The van der Waals surface area contributed by atoms with Crippen molar-refractivity contribution in [3.05, 3.63) is 11.6 Å². The van der Waals surface area contributed by atoms with Crippen LogP contribution in [0.15, 0.2) is 11.6 Å². The highest BCUT2D eigenvalue weighted by Crippen LogP contribution is 2.70. The second kappa shape index (κ2) is 21.6. The molecule has 30 atom stereocenters. The molecule has 5 saturated heterocycles. The molecule has 13 N–H and O–H groups in total. The van der Waals surface area contributed by atoms with Crippen LogP contribution in [-0.2, 0) is 42.6 Å². The van der Waals surface area contributed by atoms with Crippen LogP contribution in [-0.4, -0.2) is 227 Å². The van der Waals surface area contributed by atoms with Gasteiger partial charge in [-0.15, -0.1) is 0 Å². The van der Waals surface area contributed by atoms with Crippen molar-refractivity contribution >= 4 is 0 Å². The Labute approximate surface area is 419 Å². The summed E-state index contributed by atoms with van der Waals surface area (Å²) in [5, 5.41) is 138. The van der Waals surface area contributed by atoms with E-state index < -0.39 is 148 Å². The summed E-state index contributed by atoms with van der Waals surface area (Å²) in [4.78, 5) is 0. The van der Waals surface area contributed by atoms with Crippen molar-refractivity contribution in [1.82, 2.24) is 0 Å². The van der Waals surface area contributed by atoms with Gasteiger partial charge in [0.2, 0.25) is 0 Å². The third kappa shape index (κ3) is 9.80. The SMILES string of the molecule is C[C@@H]1O[C@@H](O[C@H]2[C@H](O[C@H]3CC[C@@]4(C)C(=CC[C@H]5[C@@H]6C[C@@H]7O[C@](O)(CCCCO[C@@H]8O[C@H](CO)[C@@H](O)[C@H](O)[C@H]8O)[C@@H](C)[C@@H]7[C@@]6(C)CC[C@@H]54)C3)O[C@H](CO)[C@@H](O[C@@H]3O[C@@H](C)[C@H](O)[C@@H](O)[C@H]3O)[C@@H]2O)[C@H](O)[C@H](O)[C@H]1O. The molecule has 9 rings (SSSR count). The quantitative estimate of drug-likeness (QED) is 0.0647. The number of unbranched alkanes of at least 4 members (excludes halogenated alkanes) is 1. The third-order valence-electron chi connectivity index (χ3n) is 19.1. The van der Waals surface area contributed by atoms with Gasteiger partial charge in [-0.2, -0.15) is 0 Å². The lowest BCUT2D eigenvalue weighted by Crippen LogP contribution is -2.66. The van der Waals surface area contributed by atoms with Gasteiger partial charge in [-0.05, 0) is 106 Å². The van der Waals surface area contributed by atoms with Gasteiger partial charge in [0.15, 0.2) is 30.9 Å². The van der Waals surface area contributed by atoms with Crippen LogP contribution in [0.5, 0.6) is 0 Å². The zero-order chi connectivity index (χ0) is 51.9. The number of allylic oxidation sites excluding steroid dienone is 1. The highest BCUT2D eigenvalue weighted by Gasteiger charge is 2.68. The van der Waals surface area contributed by atoms with Crippen LogP contribution in [0.1, 0.15) is 98.8 Å². The predicted molar refractivity (Wildman–Crippen MR) is 244 cm³/mol. The molecule has 0 aromatic carbocycles. The van der Waals surface area contributed by atoms with Gasteiger partial charge >= 0.3 is 0 Å². The second-order valence-corrected chi connectivity index (χ2v) is 23.2. The van der Waals surface area contributed by atoms with E-state index >= 15 is 0 Å². The highest BCUT2D eigenvalue weighted by molar-refractivity contribution is 5.26. The molecule has 5 heterocycles. The van der Waals surface area contributed by atoms with Crippen LogP contribution >= 0.6 is 0 Å². The molecular weight excluding hydrogens is 953 g/mol. The molecule has 5 aliphatic heterocycles. The van der Waals surface area contributed by atoms with Crippen LogP contribution in [0, 0.1) is 40.4 Å². The molecule has 72 heavy (non-hydrogen) atoms. The van der Waals surface area contributed by atoms with Crippen molar-refractivity contribution in [2.45, 2.75) is 240 Å². The van der Waals surface area contributed by atoms with E-state index in [1.165, 1.54) is 19.4 Å². The molecule has 8 fully saturated rings. The van der Waals surface area contributed by atoms with Crippen molar-refractivity contribution in [2.24, 2.45) is 40.4 Å². The monoisotopic (exact) mass is 1030 g/mol. The van der Waals surface area contributed by atoms with E-state index in [1.807, 2.05) is 0 Å². The summed E-state index contributed by atoms with van der Waals surface area (Å²) in [6.45, 7) is 8.73. The lowest BCUT2D eigenvalue weighted by Gasteiger charge is -2.58. The maximum Gasteiger partial charge on any atom is 0.187 e. The summed E-state index contributed by atoms with van der Waals surface area (Å²) in [5.74, 6) is -0.101. The normalized spacial score (nSPS) is 55.6. The average molecular weight is 1040 g/mol. The lowest BCUT2D eigenvalue weighted by molar-refractivity contribution is -0.388. The zero-order valence-corrected chi connectivity index (χ0v) is 41.8. The Kier molecular flexibility index (Phi) is 16.7. The fourth-order valence-electron chi connectivity index (χ4n) is 14.8. The Bertz CT molecular complexity index is 1860. The molecule has 0 aromatic rings. The molecule has 0 spiro atoms. The summed E-state index contributed by atoms with van der Waals surface area (Å²) >= 11 is 0. The average Bonchev–Trinajstić information content (AvgIpc) is 3.79. The van der Waals surface area contributed by atoms with Crippen molar-refractivity contribution in [3.63, 3.8) is 0 Å². The minimum absolute atomic E-state index is 0.0506. The van der Waals surface area contributed by atoms with E-state index in [0.717, 1.165) is 32.1 Å². The number of hydrogen-bond acceptors (Lipinski definition) is 22. The van der Waals surface area contributed by atoms with Crippen LogP contribution in [0.4, 0.5) is 0 Å². The Morgan fingerprint density at radius 2 is 1.21 bits per heavy atom. The van der Waals surface area contributed by atoms with Crippen LogP contribution in [0.3, 0.4) is 0 Å². The fraction of sp³-hybridized carbons (Fsp3) is 0.960. The highest BCUT2D eigenvalue weighted by atomic mass is 16.8. The van der Waals surface area contributed by atoms with E-state index in [0.29, 0.717) is 49.9 Å². The van der Waals surface area contributed by atoms with Crippen molar-refractivity contribution in [3.8, 4) is 0 Å². The van der Waals surface area contributed by atoms with Gasteiger partial charge in [-0.3, -0.25) is 0 Å². The van der Waals surface area contributed by atoms with Gasteiger partial charge in [0.25, 0.3) is 0 Å². The fourth-order valence-corrected chi connectivity index (χ4v) is 14.8. The van der Waals surface area contributed by atoms with Gasteiger partial charge < -0.3 is 109 Å². The summed E-state index contributed by atoms with van der Waals surface area (Å²) in [7, 11) is 0. The molecule has 0 unspecified atom stereocenters. The van der Waals surface area contributed by atoms with E-state index in [-0.39, 0.29) is 35.4 Å². The number of rotatable bonds is 14. The molecule has 0 bridgehead atoms. The number of hydrogen-bond donors (Lipinski definition) is 13. The Hall–Kier alpha value is -1.14. The molecule has 0 radical (unpaired) electrons. The maximum atomic E-state index is 12.0. The number of fused-ring (bicyclic) bond motifs is 7. The van der Waals surface area contributed by atoms with E-state index in [1.54, 1.807) is 0 Å². The van der Waals surface area contributed by atoms with Gasteiger partial charge in [-0.25, -0.2) is 0 Å². The second-order valence-electron chi connectivity index (χ2n) is 23.2. The smallest absolute Gasteiger partial charge is 0.187 e. The molecule has 0 aromatic heterocycles. The zero-order valence-electron chi connectivity index (χ0n) is 41.8. The minimum atomic E-state index is -1.75. The molecular formula is C50H82O22. The summed E-state index contributed by atoms with van der Waals surface area (Å²) in [6.07, 6.45) is -19.8. The summed E-state index contributed by atoms with van der Waals surface area (Å²) < 4.78 is 54.4. The first-order valence-electron chi connectivity index (χ1n) is 26.4. The van der Waals surface area contributed by atoms with Crippen molar-refractivity contribution in [2.75, 3.05) is 19.8 Å². The minimum Gasteiger partial charge on any atom is -0.394 e. The molecule has 3 saturated carbocycles.